The molecule has 102 valence electrons. The summed E-state index contributed by atoms with van der Waals surface area (Å²) in [6.45, 7) is 7.65. The minimum absolute atomic E-state index is 0.177. The Labute approximate surface area is 113 Å². The predicted molar refractivity (Wildman–Crippen MR) is 76.4 cm³/mol. The Hall–Kier alpha value is -0.710. The summed E-state index contributed by atoms with van der Waals surface area (Å²) in [5, 5.41) is 8.87. The second-order valence-corrected chi connectivity index (χ2v) is 5.85. The molecule has 0 aliphatic rings. The molecule has 1 aromatic rings. The van der Waals surface area contributed by atoms with Gasteiger partial charge in [-0.3, -0.25) is 9.69 Å². The van der Waals surface area contributed by atoms with Crippen molar-refractivity contribution in [2.45, 2.75) is 39.7 Å². The number of ketones is 1. The van der Waals surface area contributed by atoms with E-state index < -0.39 is 0 Å². The number of carbonyl (C=O) groups is 1. The van der Waals surface area contributed by atoms with E-state index in [1.165, 1.54) is 4.88 Å². The summed E-state index contributed by atoms with van der Waals surface area (Å²) in [5.74, 6) is 0.186. The minimum atomic E-state index is 0.177. The number of aliphatic hydroxyl groups excluding tert-OH is 1. The van der Waals surface area contributed by atoms with Crippen molar-refractivity contribution >= 4 is 17.1 Å². The Morgan fingerprint density at radius 3 is 2.67 bits per heavy atom. The van der Waals surface area contributed by atoms with Crippen LogP contribution in [0.1, 0.15) is 41.7 Å². The maximum absolute atomic E-state index is 12.2. The highest BCUT2D eigenvalue weighted by Crippen LogP contribution is 2.18. The number of hydrogen-bond acceptors (Lipinski definition) is 4. The summed E-state index contributed by atoms with van der Waals surface area (Å²) in [6.07, 6.45) is 1.70. The number of carbonyl (C=O) groups excluding carboxylic acids is 1. The van der Waals surface area contributed by atoms with Crippen LogP contribution in [0.2, 0.25) is 0 Å². The molecule has 1 N–H and O–H groups in total. The van der Waals surface area contributed by atoms with Gasteiger partial charge in [0.15, 0.2) is 5.78 Å². The quantitative estimate of drug-likeness (QED) is 0.737. The van der Waals surface area contributed by atoms with Crippen LogP contribution in [0.5, 0.6) is 0 Å². The SMILES string of the molecule is CCc1ccc(C(=O)CN(CCCO)C(C)C)s1. The molecule has 0 amide bonds. The van der Waals surface area contributed by atoms with Crippen LogP contribution in [0.25, 0.3) is 0 Å². The Bertz CT molecular complexity index is 374. The lowest BCUT2D eigenvalue weighted by atomic mass is 10.2. The average Bonchev–Trinajstić information content (AvgIpc) is 2.82. The molecular weight excluding hydrogens is 246 g/mol. The molecule has 18 heavy (non-hydrogen) atoms. The molecule has 0 saturated carbocycles. The third-order valence-electron chi connectivity index (χ3n) is 2.97. The lowest BCUT2D eigenvalue weighted by Gasteiger charge is -2.25. The molecule has 0 unspecified atom stereocenters. The topological polar surface area (TPSA) is 40.5 Å². The number of nitrogens with zero attached hydrogens (tertiary/aromatic N) is 1. The predicted octanol–water partition coefficient (Wildman–Crippen LogP) is 2.59. The van der Waals surface area contributed by atoms with Crippen LogP contribution in [0.15, 0.2) is 12.1 Å². The number of thiophene rings is 1. The summed E-state index contributed by atoms with van der Waals surface area (Å²) in [7, 11) is 0. The van der Waals surface area contributed by atoms with E-state index in [2.05, 4.69) is 25.7 Å². The summed E-state index contributed by atoms with van der Waals surface area (Å²) in [4.78, 5) is 16.4. The average molecular weight is 269 g/mol. The largest absolute Gasteiger partial charge is 0.396 e. The van der Waals surface area contributed by atoms with Crippen molar-refractivity contribution in [2.75, 3.05) is 19.7 Å². The van der Waals surface area contributed by atoms with Crippen molar-refractivity contribution in [1.82, 2.24) is 4.90 Å². The van der Waals surface area contributed by atoms with Crippen molar-refractivity contribution in [2.24, 2.45) is 0 Å². The van der Waals surface area contributed by atoms with Crippen molar-refractivity contribution in [3.63, 3.8) is 0 Å². The summed E-state index contributed by atoms with van der Waals surface area (Å²) in [5.41, 5.74) is 0. The van der Waals surface area contributed by atoms with E-state index in [-0.39, 0.29) is 12.4 Å². The molecule has 1 rings (SSSR count). The van der Waals surface area contributed by atoms with Gasteiger partial charge in [-0.15, -0.1) is 11.3 Å². The van der Waals surface area contributed by atoms with Crippen LogP contribution < -0.4 is 0 Å². The maximum Gasteiger partial charge on any atom is 0.186 e. The van der Waals surface area contributed by atoms with Gasteiger partial charge in [-0.25, -0.2) is 0 Å². The second-order valence-electron chi connectivity index (χ2n) is 4.68. The zero-order chi connectivity index (χ0) is 13.5. The van der Waals surface area contributed by atoms with Crippen molar-refractivity contribution < 1.29 is 9.90 Å². The number of rotatable bonds is 8. The monoisotopic (exact) mass is 269 g/mol. The fourth-order valence-corrected chi connectivity index (χ4v) is 2.65. The number of aryl methyl sites for hydroxylation is 1. The first kappa shape index (κ1) is 15.3. The zero-order valence-electron chi connectivity index (χ0n) is 11.5. The van der Waals surface area contributed by atoms with Gasteiger partial charge in [0.05, 0.1) is 11.4 Å². The van der Waals surface area contributed by atoms with Gasteiger partial charge in [0.1, 0.15) is 0 Å². The molecule has 0 aliphatic heterocycles. The Balaban J connectivity index is 2.60. The minimum Gasteiger partial charge on any atom is -0.396 e. The molecule has 0 saturated heterocycles. The summed E-state index contributed by atoms with van der Waals surface area (Å²) < 4.78 is 0. The molecule has 0 aromatic carbocycles. The molecule has 0 atom stereocenters. The van der Waals surface area contributed by atoms with Gasteiger partial charge < -0.3 is 5.11 Å². The van der Waals surface area contributed by atoms with Gasteiger partial charge in [-0.05, 0) is 38.8 Å². The van der Waals surface area contributed by atoms with Gasteiger partial charge in [0, 0.05) is 24.1 Å². The van der Waals surface area contributed by atoms with Crippen molar-refractivity contribution in [3.05, 3.63) is 21.9 Å². The molecule has 1 aromatic heterocycles. The lowest BCUT2D eigenvalue weighted by molar-refractivity contribution is 0.0900. The molecular formula is C14H23NO2S. The number of aliphatic hydroxyl groups is 1. The van der Waals surface area contributed by atoms with Crippen LogP contribution in [-0.2, 0) is 6.42 Å². The molecule has 4 heteroatoms. The van der Waals surface area contributed by atoms with Crippen LogP contribution in [-0.4, -0.2) is 41.5 Å². The fraction of sp³-hybridized carbons (Fsp3) is 0.643. The van der Waals surface area contributed by atoms with E-state index in [0.717, 1.165) is 24.3 Å². The van der Waals surface area contributed by atoms with Crippen molar-refractivity contribution in [1.29, 1.82) is 0 Å². The Morgan fingerprint density at radius 1 is 1.44 bits per heavy atom. The smallest absolute Gasteiger partial charge is 0.186 e. The van der Waals surface area contributed by atoms with E-state index in [4.69, 9.17) is 5.11 Å². The zero-order valence-corrected chi connectivity index (χ0v) is 12.3. The molecule has 3 nitrogen and oxygen atoms in total. The Kier molecular flexibility index (Phi) is 6.54. The highest BCUT2D eigenvalue weighted by Gasteiger charge is 2.16. The first-order chi connectivity index (χ1) is 8.58. The highest BCUT2D eigenvalue weighted by molar-refractivity contribution is 7.14. The third-order valence-corrected chi connectivity index (χ3v) is 4.24. The fourth-order valence-electron chi connectivity index (χ4n) is 1.77. The van der Waals surface area contributed by atoms with Crippen LogP contribution in [0.4, 0.5) is 0 Å². The molecule has 0 spiro atoms. The lowest BCUT2D eigenvalue weighted by Crippen LogP contribution is -2.36. The van der Waals surface area contributed by atoms with E-state index >= 15 is 0 Å². The van der Waals surface area contributed by atoms with E-state index in [1.54, 1.807) is 11.3 Å². The molecule has 0 aliphatic carbocycles. The third kappa shape index (κ3) is 4.52. The first-order valence-corrected chi connectivity index (χ1v) is 7.37. The van der Waals surface area contributed by atoms with Gasteiger partial charge in [-0.1, -0.05) is 6.92 Å². The number of hydrogen-bond donors (Lipinski definition) is 1. The van der Waals surface area contributed by atoms with Crippen LogP contribution in [0.3, 0.4) is 0 Å². The first-order valence-electron chi connectivity index (χ1n) is 6.55. The number of Topliss-reactive ketones (excluding diaryl/α,β-unsaturated/α-hetero) is 1. The van der Waals surface area contributed by atoms with Crippen molar-refractivity contribution in [3.8, 4) is 0 Å². The molecule has 0 bridgehead atoms. The van der Waals surface area contributed by atoms with Crippen LogP contribution >= 0.6 is 11.3 Å². The summed E-state index contributed by atoms with van der Waals surface area (Å²) in [6, 6.07) is 4.29. The molecule has 0 radical (unpaired) electrons. The van der Waals surface area contributed by atoms with Gasteiger partial charge in [-0.2, -0.15) is 0 Å². The highest BCUT2D eigenvalue weighted by atomic mass is 32.1. The van der Waals surface area contributed by atoms with Gasteiger partial charge in [0.25, 0.3) is 0 Å². The van der Waals surface area contributed by atoms with E-state index in [9.17, 15) is 4.79 Å². The van der Waals surface area contributed by atoms with Crippen LogP contribution in [0, 0.1) is 0 Å². The van der Waals surface area contributed by atoms with E-state index in [0.29, 0.717) is 12.6 Å². The molecule has 1 heterocycles. The normalized spacial score (nSPS) is 11.4. The molecule has 0 fully saturated rings. The standard InChI is InChI=1S/C14H23NO2S/c1-4-12-6-7-14(18-12)13(17)10-15(11(2)3)8-5-9-16/h6-7,11,16H,4-5,8-10H2,1-3H3. The van der Waals surface area contributed by atoms with Gasteiger partial charge in [0.2, 0.25) is 0 Å². The maximum atomic E-state index is 12.2. The second kappa shape index (κ2) is 7.67. The summed E-state index contributed by atoms with van der Waals surface area (Å²) >= 11 is 1.59. The Morgan fingerprint density at radius 2 is 2.17 bits per heavy atom. The van der Waals surface area contributed by atoms with E-state index in [1.807, 2.05) is 12.1 Å². The van der Waals surface area contributed by atoms with Gasteiger partial charge >= 0.3 is 0 Å².